The number of allylic oxidation sites excluding steroid dienone is 1. The molecule has 0 spiro atoms. The number of carbonyl (C=O) groups excluding carboxylic acids is 2. The van der Waals surface area contributed by atoms with E-state index in [-0.39, 0.29) is 0 Å². The molecule has 0 aromatic carbocycles. The maximum atomic E-state index is 12.3. The third-order valence-corrected chi connectivity index (χ3v) is 3.02. The van der Waals surface area contributed by atoms with Crippen molar-refractivity contribution in [2.75, 3.05) is 6.54 Å². The van der Waals surface area contributed by atoms with Crippen LogP contribution in [-0.2, 0) is 9.47 Å². The van der Waals surface area contributed by atoms with E-state index in [9.17, 15) is 9.59 Å². The van der Waals surface area contributed by atoms with Gasteiger partial charge in [-0.3, -0.25) is 0 Å². The van der Waals surface area contributed by atoms with Crippen molar-refractivity contribution < 1.29 is 19.1 Å². The monoisotopic (exact) mass is 371 g/mol. The molecule has 5 heteroatoms. The topological polar surface area (TPSA) is 55.8 Å². The normalized spacial score (nSPS) is 11.1. The molecule has 0 aromatic rings. The molecule has 0 saturated carbocycles. The molecule has 5 nitrogen and oxygen atoms in total. The zero-order valence-corrected chi connectivity index (χ0v) is 18.3. The Hall–Kier alpha value is -1.52. The summed E-state index contributed by atoms with van der Waals surface area (Å²) < 4.78 is 10.6. The van der Waals surface area contributed by atoms with Crippen LogP contribution in [0.1, 0.15) is 93.9 Å². The van der Waals surface area contributed by atoms with Gasteiger partial charge < -0.3 is 9.47 Å². The van der Waals surface area contributed by atoms with Crippen molar-refractivity contribution in [2.45, 2.75) is 105 Å². The lowest BCUT2D eigenvalue weighted by molar-refractivity contribution is 0.00118. The summed E-state index contributed by atoms with van der Waals surface area (Å²) >= 11 is 0. The van der Waals surface area contributed by atoms with Crippen LogP contribution in [0.25, 0.3) is 0 Å². The molecule has 0 fully saturated rings. The lowest BCUT2D eigenvalue weighted by Gasteiger charge is -2.28. The second kappa shape index (κ2) is 13.7. The number of ether oxygens (including phenoxy) is 2. The zero-order valence-electron chi connectivity index (χ0n) is 18.3. The van der Waals surface area contributed by atoms with Crippen molar-refractivity contribution in [1.29, 1.82) is 0 Å². The minimum absolute atomic E-state index is 0.311. The number of hydrogen-bond acceptors (Lipinski definition) is 4. The average Bonchev–Trinajstić information content (AvgIpc) is 2.48. The lowest BCUT2D eigenvalue weighted by atomic mass is 10.1. The van der Waals surface area contributed by atoms with Crippen molar-refractivity contribution in [3.63, 3.8) is 0 Å². The van der Waals surface area contributed by atoms with Gasteiger partial charge in [0.05, 0.1) is 0 Å². The van der Waals surface area contributed by atoms with Crippen LogP contribution in [0.3, 0.4) is 0 Å². The SMILES string of the molecule is C=CCCCCCCCN(C(=O)OC(C)(C)C)C(=O)OC(C)(C)C.CC. The second-order valence-electron chi connectivity index (χ2n) is 7.96. The lowest BCUT2D eigenvalue weighted by Crippen LogP contribution is -2.44. The van der Waals surface area contributed by atoms with E-state index < -0.39 is 23.4 Å². The van der Waals surface area contributed by atoms with Gasteiger partial charge in [0.2, 0.25) is 0 Å². The Morgan fingerprint density at radius 2 is 1.19 bits per heavy atom. The standard InChI is InChI=1S/C19H35NO4.C2H6/c1-8-9-10-11-12-13-14-15-20(16(21)23-18(2,3)4)17(22)24-19(5,6)7;1-2/h8H,1,9-15H2,2-7H3;1-2H3. The number of amides is 2. The van der Waals surface area contributed by atoms with Crippen molar-refractivity contribution in [3.8, 4) is 0 Å². The van der Waals surface area contributed by atoms with E-state index in [2.05, 4.69) is 6.58 Å². The molecular formula is C21H41NO4. The fraction of sp³-hybridized carbons (Fsp3) is 0.810. The van der Waals surface area contributed by atoms with Crippen LogP contribution in [0.15, 0.2) is 12.7 Å². The van der Waals surface area contributed by atoms with Gasteiger partial charge in [0, 0.05) is 6.54 Å². The first kappa shape index (κ1) is 26.7. The van der Waals surface area contributed by atoms with Gasteiger partial charge in [-0.05, 0) is 60.8 Å². The van der Waals surface area contributed by atoms with Crippen molar-refractivity contribution in [2.24, 2.45) is 0 Å². The van der Waals surface area contributed by atoms with Gasteiger partial charge in [-0.1, -0.05) is 39.2 Å². The Kier molecular flexibility index (Phi) is 14.0. The number of unbranched alkanes of at least 4 members (excludes halogenated alkanes) is 5. The summed E-state index contributed by atoms with van der Waals surface area (Å²) in [5, 5.41) is 0. The van der Waals surface area contributed by atoms with Gasteiger partial charge in [0.25, 0.3) is 0 Å². The quantitative estimate of drug-likeness (QED) is 0.351. The van der Waals surface area contributed by atoms with Crippen LogP contribution >= 0.6 is 0 Å². The van der Waals surface area contributed by atoms with Gasteiger partial charge in [-0.2, -0.15) is 0 Å². The molecule has 0 radical (unpaired) electrons. The van der Waals surface area contributed by atoms with E-state index in [0.717, 1.165) is 43.4 Å². The second-order valence-corrected chi connectivity index (χ2v) is 7.96. The molecule has 0 aliphatic carbocycles. The van der Waals surface area contributed by atoms with E-state index >= 15 is 0 Å². The molecule has 0 rings (SSSR count). The Balaban J connectivity index is 0. The molecule has 2 amide bonds. The van der Waals surface area contributed by atoms with E-state index in [1.165, 1.54) is 0 Å². The first-order chi connectivity index (χ1) is 12.0. The van der Waals surface area contributed by atoms with Crippen LogP contribution in [0, 0.1) is 0 Å². The molecule has 0 aromatic heterocycles. The maximum absolute atomic E-state index is 12.3. The third kappa shape index (κ3) is 16.0. The highest BCUT2D eigenvalue weighted by atomic mass is 16.6. The molecule has 26 heavy (non-hydrogen) atoms. The zero-order chi connectivity index (χ0) is 20.8. The fourth-order valence-electron chi connectivity index (χ4n) is 1.98. The molecule has 0 N–H and O–H groups in total. The van der Waals surface area contributed by atoms with Crippen molar-refractivity contribution >= 4 is 12.2 Å². The summed E-state index contributed by atoms with van der Waals surface area (Å²) in [5.74, 6) is 0. The molecule has 0 atom stereocenters. The molecule has 154 valence electrons. The van der Waals surface area contributed by atoms with Crippen molar-refractivity contribution in [3.05, 3.63) is 12.7 Å². The number of imide groups is 1. The Labute approximate surface area is 161 Å². The van der Waals surface area contributed by atoms with Crippen LogP contribution in [0.4, 0.5) is 9.59 Å². The minimum Gasteiger partial charge on any atom is -0.443 e. The maximum Gasteiger partial charge on any atom is 0.419 e. The molecule has 0 heterocycles. The van der Waals surface area contributed by atoms with Gasteiger partial charge in [0.15, 0.2) is 0 Å². The van der Waals surface area contributed by atoms with Crippen LogP contribution in [0.5, 0.6) is 0 Å². The van der Waals surface area contributed by atoms with Crippen LogP contribution < -0.4 is 0 Å². The molecule has 0 bridgehead atoms. The molecule has 0 aliphatic heterocycles. The van der Waals surface area contributed by atoms with Gasteiger partial charge in [0.1, 0.15) is 11.2 Å². The predicted molar refractivity (Wildman–Crippen MR) is 108 cm³/mol. The number of carbonyl (C=O) groups is 2. The minimum atomic E-state index is -0.651. The van der Waals surface area contributed by atoms with Crippen LogP contribution in [-0.4, -0.2) is 34.8 Å². The fourth-order valence-corrected chi connectivity index (χ4v) is 1.98. The molecule has 0 unspecified atom stereocenters. The van der Waals surface area contributed by atoms with Gasteiger partial charge >= 0.3 is 12.2 Å². The largest absolute Gasteiger partial charge is 0.443 e. The highest BCUT2D eigenvalue weighted by Crippen LogP contribution is 2.16. The summed E-state index contributed by atoms with van der Waals surface area (Å²) in [5.41, 5.74) is -1.30. The molecule has 0 aliphatic rings. The first-order valence-corrected chi connectivity index (χ1v) is 9.80. The Bertz CT molecular complexity index is 377. The molecule has 0 saturated heterocycles. The summed E-state index contributed by atoms with van der Waals surface area (Å²) in [6.45, 7) is 18.7. The third-order valence-electron chi connectivity index (χ3n) is 3.02. The highest BCUT2D eigenvalue weighted by molar-refractivity contribution is 5.88. The molecular weight excluding hydrogens is 330 g/mol. The number of nitrogens with zero attached hydrogens (tertiary/aromatic N) is 1. The van der Waals surface area contributed by atoms with E-state index in [4.69, 9.17) is 9.47 Å². The van der Waals surface area contributed by atoms with E-state index in [1.807, 2.05) is 19.9 Å². The Morgan fingerprint density at radius 3 is 1.58 bits per heavy atom. The highest BCUT2D eigenvalue weighted by Gasteiger charge is 2.30. The summed E-state index contributed by atoms with van der Waals surface area (Å²) in [6, 6.07) is 0. The van der Waals surface area contributed by atoms with Crippen molar-refractivity contribution in [1.82, 2.24) is 4.90 Å². The first-order valence-electron chi connectivity index (χ1n) is 9.80. The van der Waals surface area contributed by atoms with Gasteiger partial charge in [-0.25, -0.2) is 14.5 Å². The smallest absolute Gasteiger partial charge is 0.419 e. The van der Waals surface area contributed by atoms with Gasteiger partial charge in [-0.15, -0.1) is 6.58 Å². The summed E-state index contributed by atoms with van der Waals surface area (Å²) in [6.07, 6.45) is 6.69. The summed E-state index contributed by atoms with van der Waals surface area (Å²) in [7, 11) is 0. The Morgan fingerprint density at radius 1 is 0.808 bits per heavy atom. The van der Waals surface area contributed by atoms with E-state index in [0.29, 0.717) is 6.54 Å². The van der Waals surface area contributed by atoms with E-state index in [1.54, 1.807) is 41.5 Å². The predicted octanol–water partition coefficient (Wildman–Crippen LogP) is 6.71. The summed E-state index contributed by atoms with van der Waals surface area (Å²) in [4.78, 5) is 25.6. The number of hydrogen-bond donors (Lipinski definition) is 0. The average molecular weight is 372 g/mol. The van der Waals surface area contributed by atoms with Crippen LogP contribution in [0.2, 0.25) is 0 Å². The number of rotatable bonds is 8.